The molecule has 0 radical (unpaired) electrons. The van der Waals surface area contributed by atoms with Gasteiger partial charge in [0.2, 0.25) is 5.76 Å². The topological polar surface area (TPSA) is 86.0 Å². The van der Waals surface area contributed by atoms with Crippen molar-refractivity contribution in [1.29, 1.82) is 0 Å². The molecule has 1 aliphatic heterocycles. The van der Waals surface area contributed by atoms with Gasteiger partial charge in [-0.15, -0.1) is 0 Å². The van der Waals surface area contributed by atoms with Crippen molar-refractivity contribution in [3.05, 3.63) is 118 Å². The number of carbonyl (C=O) groups is 2. The summed E-state index contributed by atoms with van der Waals surface area (Å²) in [5, 5.41) is 0.414. The maximum absolute atomic E-state index is 13.9. The van der Waals surface area contributed by atoms with Crippen molar-refractivity contribution in [2.75, 3.05) is 18.1 Å². The third kappa shape index (κ3) is 4.95. The fraction of sp³-hybridized carbons (Fsp3) is 0.219. The van der Waals surface area contributed by atoms with Crippen LogP contribution in [-0.4, -0.2) is 25.1 Å². The van der Waals surface area contributed by atoms with Crippen LogP contribution in [0.1, 0.15) is 63.4 Å². The smallest absolute Gasteiger partial charge is 0.338 e. The van der Waals surface area contributed by atoms with Gasteiger partial charge in [0.25, 0.3) is 5.91 Å². The monoisotopic (exact) mass is 523 g/mol. The van der Waals surface area contributed by atoms with E-state index in [0.29, 0.717) is 46.7 Å². The molecule has 0 aliphatic carbocycles. The van der Waals surface area contributed by atoms with Crippen LogP contribution in [0.4, 0.5) is 5.69 Å². The summed E-state index contributed by atoms with van der Waals surface area (Å²) in [6.07, 6.45) is 3.36. The maximum Gasteiger partial charge on any atom is 0.338 e. The van der Waals surface area contributed by atoms with Crippen LogP contribution in [0.5, 0.6) is 5.75 Å². The molecule has 0 saturated heterocycles. The Bertz CT molecular complexity index is 1620. The van der Waals surface area contributed by atoms with Gasteiger partial charge in [-0.1, -0.05) is 49.8 Å². The van der Waals surface area contributed by atoms with Crippen molar-refractivity contribution >= 4 is 28.5 Å². The van der Waals surface area contributed by atoms with E-state index >= 15 is 0 Å². The molecule has 1 aliphatic rings. The van der Waals surface area contributed by atoms with Crippen LogP contribution in [0, 0.1) is 6.92 Å². The SMILES string of the molecule is C=CCOc1cccc(C2c3c(oc4ccc(C)cc4c3=O)C(=O)N2c2ccc(C(=O)OCCCC)cc2)c1. The number of hydrogen-bond donors (Lipinski definition) is 0. The number of anilines is 1. The molecular formula is C32H29NO6. The van der Waals surface area contributed by atoms with Gasteiger partial charge in [0, 0.05) is 5.69 Å². The Morgan fingerprint density at radius 3 is 2.62 bits per heavy atom. The van der Waals surface area contributed by atoms with Crippen LogP contribution < -0.4 is 15.1 Å². The highest BCUT2D eigenvalue weighted by Gasteiger charge is 2.43. The number of benzene rings is 3. The Morgan fingerprint density at radius 1 is 1.08 bits per heavy atom. The Hall–Kier alpha value is -4.65. The van der Waals surface area contributed by atoms with Gasteiger partial charge in [-0.05, 0) is 67.4 Å². The third-order valence-corrected chi connectivity index (χ3v) is 6.68. The number of amides is 1. The summed E-state index contributed by atoms with van der Waals surface area (Å²) in [5.41, 5.74) is 2.85. The van der Waals surface area contributed by atoms with E-state index in [4.69, 9.17) is 13.9 Å². The number of aryl methyl sites for hydroxylation is 1. The molecule has 1 aromatic heterocycles. The molecule has 0 bridgehead atoms. The highest BCUT2D eigenvalue weighted by molar-refractivity contribution is 6.10. The Balaban J connectivity index is 1.62. The van der Waals surface area contributed by atoms with Gasteiger partial charge in [-0.3, -0.25) is 14.5 Å². The number of hydrogen-bond acceptors (Lipinski definition) is 6. The average molecular weight is 524 g/mol. The van der Waals surface area contributed by atoms with E-state index in [0.717, 1.165) is 18.4 Å². The number of nitrogens with zero attached hydrogens (tertiary/aromatic N) is 1. The zero-order chi connectivity index (χ0) is 27.5. The standard InChI is InChI=1S/C32H29NO6/c1-4-6-17-38-32(36)21-11-13-23(14-12-21)33-28(22-8-7-9-24(19-22)37-16-5-2)27-29(34)25-18-20(3)10-15-26(25)39-30(27)31(33)35/h5,7-15,18-19,28H,2,4,6,16-17H2,1,3H3. The number of fused-ring (bicyclic) bond motifs is 2. The lowest BCUT2D eigenvalue weighted by atomic mass is 9.97. The van der Waals surface area contributed by atoms with E-state index in [2.05, 4.69) is 6.58 Å². The molecule has 2 heterocycles. The summed E-state index contributed by atoms with van der Waals surface area (Å²) in [5.74, 6) is -0.278. The minimum Gasteiger partial charge on any atom is -0.490 e. The second-order valence-corrected chi connectivity index (χ2v) is 9.46. The van der Waals surface area contributed by atoms with E-state index in [-0.39, 0.29) is 16.8 Å². The van der Waals surface area contributed by atoms with Crippen molar-refractivity contribution in [1.82, 2.24) is 0 Å². The van der Waals surface area contributed by atoms with Crippen LogP contribution >= 0.6 is 0 Å². The molecule has 7 heteroatoms. The van der Waals surface area contributed by atoms with Gasteiger partial charge < -0.3 is 13.9 Å². The number of unbranched alkanes of at least 4 members (excludes halogenated alkanes) is 1. The molecule has 1 atom stereocenters. The van der Waals surface area contributed by atoms with Gasteiger partial charge in [0.05, 0.1) is 29.2 Å². The second-order valence-electron chi connectivity index (χ2n) is 9.46. The fourth-order valence-corrected chi connectivity index (χ4v) is 4.75. The first-order chi connectivity index (χ1) is 18.9. The Labute approximate surface area is 226 Å². The lowest BCUT2D eigenvalue weighted by Gasteiger charge is -2.25. The first-order valence-corrected chi connectivity index (χ1v) is 12.9. The highest BCUT2D eigenvalue weighted by atomic mass is 16.5. The summed E-state index contributed by atoms with van der Waals surface area (Å²) in [6.45, 7) is 8.28. The minimum atomic E-state index is -0.761. The third-order valence-electron chi connectivity index (χ3n) is 6.68. The van der Waals surface area contributed by atoms with Gasteiger partial charge in [0.15, 0.2) is 5.43 Å². The fourth-order valence-electron chi connectivity index (χ4n) is 4.75. The van der Waals surface area contributed by atoms with Crippen molar-refractivity contribution in [3.8, 4) is 5.75 Å². The lowest BCUT2D eigenvalue weighted by Crippen LogP contribution is -2.29. The van der Waals surface area contributed by atoms with Gasteiger partial charge in [-0.25, -0.2) is 4.79 Å². The van der Waals surface area contributed by atoms with Crippen molar-refractivity contribution in [2.45, 2.75) is 32.7 Å². The van der Waals surface area contributed by atoms with Crippen molar-refractivity contribution in [2.24, 2.45) is 0 Å². The van der Waals surface area contributed by atoms with E-state index in [1.54, 1.807) is 48.5 Å². The van der Waals surface area contributed by atoms with Crippen LogP contribution in [0.2, 0.25) is 0 Å². The zero-order valence-corrected chi connectivity index (χ0v) is 21.9. The Kier molecular flexibility index (Phi) is 7.32. The molecule has 1 unspecified atom stereocenters. The predicted octanol–water partition coefficient (Wildman–Crippen LogP) is 6.37. The molecule has 4 aromatic rings. The second kappa shape index (κ2) is 11.0. The summed E-state index contributed by atoms with van der Waals surface area (Å²) in [7, 11) is 0. The minimum absolute atomic E-state index is 0.00168. The molecule has 0 saturated carbocycles. The summed E-state index contributed by atoms with van der Waals surface area (Å²) >= 11 is 0. The molecule has 39 heavy (non-hydrogen) atoms. The zero-order valence-electron chi connectivity index (χ0n) is 21.9. The van der Waals surface area contributed by atoms with Crippen LogP contribution in [0.25, 0.3) is 11.0 Å². The molecule has 7 nitrogen and oxygen atoms in total. The van der Waals surface area contributed by atoms with Gasteiger partial charge in [-0.2, -0.15) is 0 Å². The highest BCUT2D eigenvalue weighted by Crippen LogP contribution is 2.42. The van der Waals surface area contributed by atoms with Gasteiger partial charge in [0.1, 0.15) is 17.9 Å². The van der Waals surface area contributed by atoms with E-state index in [1.165, 1.54) is 4.90 Å². The van der Waals surface area contributed by atoms with Crippen LogP contribution in [-0.2, 0) is 4.74 Å². The average Bonchev–Trinajstić information content (AvgIpc) is 3.25. The molecule has 3 aromatic carbocycles. The molecule has 0 fully saturated rings. The lowest BCUT2D eigenvalue weighted by molar-refractivity contribution is 0.0499. The first-order valence-electron chi connectivity index (χ1n) is 12.9. The van der Waals surface area contributed by atoms with Gasteiger partial charge >= 0.3 is 5.97 Å². The normalized spacial score (nSPS) is 14.4. The van der Waals surface area contributed by atoms with E-state index in [1.807, 2.05) is 38.1 Å². The maximum atomic E-state index is 13.9. The van der Waals surface area contributed by atoms with Crippen LogP contribution in [0.15, 0.2) is 88.6 Å². The van der Waals surface area contributed by atoms with E-state index < -0.39 is 17.9 Å². The summed E-state index contributed by atoms with van der Waals surface area (Å²) < 4.78 is 17.1. The number of carbonyl (C=O) groups excluding carboxylic acids is 2. The Morgan fingerprint density at radius 2 is 1.87 bits per heavy atom. The van der Waals surface area contributed by atoms with Crippen LogP contribution in [0.3, 0.4) is 0 Å². The largest absolute Gasteiger partial charge is 0.490 e. The van der Waals surface area contributed by atoms with Crippen molar-refractivity contribution < 1.29 is 23.5 Å². The summed E-state index contributed by atoms with van der Waals surface area (Å²) in [6, 6.07) is 18.4. The molecular weight excluding hydrogens is 494 g/mol. The summed E-state index contributed by atoms with van der Waals surface area (Å²) in [4.78, 5) is 41.7. The molecule has 0 spiro atoms. The number of ether oxygens (including phenoxy) is 2. The molecule has 1 amide bonds. The molecule has 198 valence electrons. The number of esters is 1. The van der Waals surface area contributed by atoms with E-state index in [9.17, 15) is 14.4 Å². The quantitative estimate of drug-likeness (QED) is 0.144. The molecule has 0 N–H and O–H groups in total. The van der Waals surface area contributed by atoms with Crippen molar-refractivity contribution in [3.63, 3.8) is 0 Å². The predicted molar refractivity (Wildman–Crippen MR) is 150 cm³/mol. The molecule has 5 rings (SSSR count). The number of rotatable bonds is 9. The first kappa shape index (κ1) is 26.0.